The van der Waals surface area contributed by atoms with E-state index in [2.05, 4.69) is 4.72 Å². The van der Waals surface area contributed by atoms with Gasteiger partial charge in [-0.05, 0) is 18.1 Å². The van der Waals surface area contributed by atoms with E-state index >= 15 is 0 Å². The first-order valence-electron chi connectivity index (χ1n) is 5.62. The Bertz CT molecular complexity index is 533. The smallest absolute Gasteiger partial charge is 0.371 e. The van der Waals surface area contributed by atoms with Crippen molar-refractivity contribution in [2.75, 3.05) is 13.7 Å². The normalized spacial score (nSPS) is 13.7. The molecule has 1 atom stereocenters. The minimum absolute atomic E-state index is 0.0173. The largest absolute Gasteiger partial charge is 0.475 e. The lowest BCUT2D eigenvalue weighted by Gasteiger charge is -2.20. The van der Waals surface area contributed by atoms with Crippen LogP contribution in [0, 0.1) is 5.92 Å². The predicted molar refractivity (Wildman–Crippen MR) is 66.5 cm³/mol. The Morgan fingerprint density at radius 2 is 2.11 bits per heavy atom. The quantitative estimate of drug-likeness (QED) is 0.774. The number of hydrogen-bond acceptors (Lipinski definition) is 5. The molecule has 1 unspecified atom stereocenters. The van der Waals surface area contributed by atoms with Gasteiger partial charge in [0, 0.05) is 13.2 Å². The topological polar surface area (TPSA) is 106 Å². The van der Waals surface area contributed by atoms with Crippen LogP contribution in [-0.2, 0) is 14.8 Å². The van der Waals surface area contributed by atoms with Gasteiger partial charge in [0.05, 0.1) is 6.61 Å². The molecule has 7 nitrogen and oxygen atoms in total. The van der Waals surface area contributed by atoms with Crippen LogP contribution in [0.1, 0.15) is 24.4 Å². The molecule has 8 heteroatoms. The highest BCUT2D eigenvalue weighted by atomic mass is 32.2. The van der Waals surface area contributed by atoms with Gasteiger partial charge in [0.2, 0.25) is 10.9 Å². The molecule has 0 aliphatic rings. The number of carbonyl (C=O) groups is 1. The number of ether oxygens (including phenoxy) is 1. The van der Waals surface area contributed by atoms with Gasteiger partial charge in [0.15, 0.2) is 0 Å². The maximum atomic E-state index is 12.0. The molecule has 0 saturated carbocycles. The minimum atomic E-state index is -3.90. The maximum absolute atomic E-state index is 12.0. The monoisotopic (exact) mass is 291 g/mol. The number of hydrogen-bond donors (Lipinski definition) is 2. The van der Waals surface area contributed by atoms with Crippen LogP contribution in [0.4, 0.5) is 0 Å². The lowest BCUT2D eigenvalue weighted by atomic mass is 10.1. The third-order valence-electron chi connectivity index (χ3n) is 2.51. The maximum Gasteiger partial charge on any atom is 0.371 e. The Morgan fingerprint density at radius 3 is 2.53 bits per heavy atom. The summed E-state index contributed by atoms with van der Waals surface area (Å²) in [7, 11) is -2.43. The molecule has 1 heterocycles. The van der Waals surface area contributed by atoms with Gasteiger partial charge in [-0.15, -0.1) is 0 Å². The highest BCUT2D eigenvalue weighted by Crippen LogP contribution is 2.15. The van der Waals surface area contributed by atoms with E-state index in [-0.39, 0.29) is 12.5 Å². The summed E-state index contributed by atoms with van der Waals surface area (Å²) in [5.41, 5.74) is 0. The van der Waals surface area contributed by atoms with Gasteiger partial charge in [0.25, 0.3) is 10.0 Å². The summed E-state index contributed by atoms with van der Waals surface area (Å²) in [6.07, 6.45) is 0. The molecule has 0 aliphatic carbocycles. The van der Waals surface area contributed by atoms with Crippen LogP contribution in [0.25, 0.3) is 0 Å². The van der Waals surface area contributed by atoms with Crippen molar-refractivity contribution in [3.8, 4) is 0 Å². The highest BCUT2D eigenvalue weighted by molar-refractivity contribution is 7.89. The molecule has 2 N–H and O–H groups in total. The zero-order valence-electron chi connectivity index (χ0n) is 10.9. The van der Waals surface area contributed by atoms with Crippen molar-refractivity contribution in [1.29, 1.82) is 0 Å². The van der Waals surface area contributed by atoms with E-state index in [1.165, 1.54) is 7.11 Å². The number of methoxy groups -OCH3 is 1. The molecule has 0 saturated heterocycles. The molecular weight excluding hydrogens is 274 g/mol. The molecule has 108 valence electrons. The molecule has 0 aromatic carbocycles. The fraction of sp³-hybridized carbons (Fsp3) is 0.545. The Kier molecular flexibility index (Phi) is 5.10. The van der Waals surface area contributed by atoms with Gasteiger partial charge in [-0.1, -0.05) is 13.8 Å². The van der Waals surface area contributed by atoms with Crippen molar-refractivity contribution in [2.24, 2.45) is 5.92 Å². The molecule has 19 heavy (non-hydrogen) atoms. The standard InChI is InChI=1S/C11H17NO6S/c1-7(2)8(6-17-3)12-19(15,16)10-5-4-9(18-10)11(13)14/h4-5,7-8,12H,6H2,1-3H3,(H,13,14). The molecule has 0 amide bonds. The van der Waals surface area contributed by atoms with Crippen LogP contribution in [0.15, 0.2) is 21.6 Å². The van der Waals surface area contributed by atoms with E-state index < -0.39 is 32.9 Å². The van der Waals surface area contributed by atoms with E-state index in [9.17, 15) is 13.2 Å². The summed E-state index contributed by atoms with van der Waals surface area (Å²) < 4.78 is 36.1. The summed E-state index contributed by atoms with van der Waals surface area (Å²) in [5, 5.41) is 8.26. The first-order chi connectivity index (χ1) is 8.77. The van der Waals surface area contributed by atoms with Gasteiger partial charge in [-0.25, -0.2) is 17.9 Å². The molecule has 0 bridgehead atoms. The summed E-state index contributed by atoms with van der Waals surface area (Å²) in [6, 6.07) is 1.78. The number of carboxylic acid groups (broad SMARTS) is 1. The molecule has 1 aromatic rings. The van der Waals surface area contributed by atoms with Gasteiger partial charge in [-0.3, -0.25) is 0 Å². The van der Waals surface area contributed by atoms with Crippen LogP contribution in [0.3, 0.4) is 0 Å². The van der Waals surface area contributed by atoms with E-state index in [4.69, 9.17) is 14.3 Å². The number of aromatic carboxylic acids is 1. The van der Waals surface area contributed by atoms with Crippen molar-refractivity contribution in [2.45, 2.75) is 25.0 Å². The van der Waals surface area contributed by atoms with Crippen molar-refractivity contribution < 1.29 is 27.5 Å². The van der Waals surface area contributed by atoms with Gasteiger partial charge in [0.1, 0.15) is 0 Å². The Balaban J connectivity index is 2.93. The molecule has 0 spiro atoms. The number of rotatable bonds is 7. The lowest BCUT2D eigenvalue weighted by Crippen LogP contribution is -2.41. The van der Waals surface area contributed by atoms with Gasteiger partial charge in [-0.2, -0.15) is 0 Å². The highest BCUT2D eigenvalue weighted by Gasteiger charge is 2.26. The average molecular weight is 291 g/mol. The number of furan rings is 1. The number of carboxylic acids is 1. The second-order valence-corrected chi connectivity index (χ2v) is 6.00. The Hall–Kier alpha value is -1.38. The summed E-state index contributed by atoms with van der Waals surface area (Å²) in [4.78, 5) is 10.6. The third-order valence-corrected chi connectivity index (χ3v) is 3.88. The molecule has 0 aliphatic heterocycles. The molecule has 0 radical (unpaired) electrons. The molecular formula is C11H17NO6S. The summed E-state index contributed by atoms with van der Waals surface area (Å²) in [6.45, 7) is 3.90. The van der Waals surface area contributed by atoms with Crippen LogP contribution in [0.2, 0.25) is 0 Å². The fourth-order valence-corrected chi connectivity index (χ4v) is 2.68. The van der Waals surface area contributed by atoms with Crippen LogP contribution in [0.5, 0.6) is 0 Å². The minimum Gasteiger partial charge on any atom is -0.475 e. The summed E-state index contributed by atoms with van der Waals surface area (Å²) in [5.74, 6) is -1.73. The van der Waals surface area contributed by atoms with Crippen molar-refractivity contribution in [3.63, 3.8) is 0 Å². The predicted octanol–water partition coefficient (Wildman–Crippen LogP) is 0.927. The lowest BCUT2D eigenvalue weighted by molar-refractivity contribution is 0.0656. The zero-order chi connectivity index (χ0) is 14.6. The third kappa shape index (κ3) is 4.05. The molecule has 0 fully saturated rings. The number of sulfonamides is 1. The Labute approximate surface area is 111 Å². The van der Waals surface area contributed by atoms with E-state index in [1.54, 1.807) is 0 Å². The van der Waals surface area contributed by atoms with E-state index in [0.717, 1.165) is 12.1 Å². The first-order valence-corrected chi connectivity index (χ1v) is 7.10. The van der Waals surface area contributed by atoms with E-state index in [0.29, 0.717) is 0 Å². The van der Waals surface area contributed by atoms with Crippen LogP contribution >= 0.6 is 0 Å². The fourth-order valence-electron chi connectivity index (χ4n) is 1.38. The molecule has 1 rings (SSSR count). The second kappa shape index (κ2) is 6.18. The van der Waals surface area contributed by atoms with Crippen LogP contribution < -0.4 is 4.72 Å². The average Bonchev–Trinajstić information content (AvgIpc) is 2.78. The van der Waals surface area contributed by atoms with Crippen molar-refractivity contribution >= 4 is 16.0 Å². The van der Waals surface area contributed by atoms with Crippen molar-refractivity contribution in [3.05, 3.63) is 17.9 Å². The number of nitrogens with one attached hydrogen (secondary N) is 1. The summed E-state index contributed by atoms with van der Waals surface area (Å²) >= 11 is 0. The van der Waals surface area contributed by atoms with Crippen molar-refractivity contribution in [1.82, 2.24) is 4.72 Å². The molecule has 1 aromatic heterocycles. The van der Waals surface area contributed by atoms with Crippen LogP contribution in [-0.4, -0.2) is 39.3 Å². The van der Waals surface area contributed by atoms with Gasteiger partial charge >= 0.3 is 5.97 Å². The second-order valence-electron chi connectivity index (χ2n) is 4.35. The SMILES string of the molecule is COCC(NS(=O)(=O)c1ccc(C(=O)O)o1)C(C)C. The zero-order valence-corrected chi connectivity index (χ0v) is 11.7. The Morgan fingerprint density at radius 1 is 1.47 bits per heavy atom. The van der Waals surface area contributed by atoms with Gasteiger partial charge < -0.3 is 14.3 Å². The first kappa shape index (κ1) is 15.7. The van der Waals surface area contributed by atoms with E-state index in [1.807, 2.05) is 13.8 Å².